The van der Waals surface area contributed by atoms with Crippen LogP contribution in [0.5, 0.6) is 23.0 Å². The fourth-order valence-electron chi connectivity index (χ4n) is 2.38. The molecule has 2 aromatic carbocycles. The number of carbonyl (C=O) groups is 2. The molecule has 0 aliphatic carbocycles. The Morgan fingerprint density at radius 1 is 0.767 bits per heavy atom. The van der Waals surface area contributed by atoms with Crippen LogP contribution in [0.3, 0.4) is 0 Å². The number of aromatic hydroxyl groups is 2. The van der Waals surface area contributed by atoms with Crippen molar-refractivity contribution in [3.8, 4) is 23.0 Å². The average Bonchev–Trinajstić information content (AvgIpc) is 2.74. The first kappa shape index (κ1) is 22.2. The number of phenols is 2. The minimum atomic E-state index is -1.06. The van der Waals surface area contributed by atoms with Crippen LogP contribution in [0.25, 0.3) is 0 Å². The van der Waals surface area contributed by atoms with Crippen LogP contribution in [-0.2, 0) is 9.59 Å². The second-order valence-corrected chi connectivity index (χ2v) is 6.04. The Balaban J connectivity index is 2.01. The maximum atomic E-state index is 11.9. The summed E-state index contributed by atoms with van der Waals surface area (Å²) in [5, 5.41) is 27.6. The van der Waals surface area contributed by atoms with E-state index in [9.17, 15) is 19.8 Å². The van der Waals surface area contributed by atoms with Crippen LogP contribution in [0.4, 0.5) is 0 Å². The second kappa shape index (κ2) is 9.92. The lowest BCUT2D eigenvalue weighted by Crippen LogP contribution is -2.36. The molecule has 2 amide bonds. The fourth-order valence-corrected chi connectivity index (χ4v) is 2.38. The molecule has 0 heterocycles. The van der Waals surface area contributed by atoms with E-state index in [0.29, 0.717) is 22.6 Å². The first-order valence-electron chi connectivity index (χ1n) is 8.70. The van der Waals surface area contributed by atoms with Gasteiger partial charge in [-0.25, -0.2) is 10.9 Å². The first-order valence-corrected chi connectivity index (χ1v) is 8.70. The summed E-state index contributed by atoms with van der Waals surface area (Å²) in [6.45, 7) is 3.10. The third kappa shape index (κ3) is 5.47. The van der Waals surface area contributed by atoms with Gasteiger partial charge in [-0.15, -0.1) is 0 Å². The van der Waals surface area contributed by atoms with Gasteiger partial charge in [0.05, 0.1) is 25.6 Å². The Morgan fingerprint density at radius 3 is 1.43 bits per heavy atom. The Labute approximate surface area is 172 Å². The minimum Gasteiger partial charge on any atom is -0.507 e. The van der Waals surface area contributed by atoms with Crippen LogP contribution in [0, 0.1) is 0 Å². The van der Waals surface area contributed by atoms with Crippen molar-refractivity contribution in [2.45, 2.75) is 13.8 Å². The van der Waals surface area contributed by atoms with Gasteiger partial charge in [0, 0.05) is 23.3 Å². The molecule has 4 N–H and O–H groups in total. The molecule has 0 spiro atoms. The predicted molar refractivity (Wildman–Crippen MR) is 110 cm³/mol. The molecule has 158 valence electrons. The van der Waals surface area contributed by atoms with E-state index >= 15 is 0 Å². The van der Waals surface area contributed by atoms with Crippen LogP contribution in [0.2, 0.25) is 0 Å². The molecule has 0 aliphatic rings. The van der Waals surface area contributed by atoms with Crippen molar-refractivity contribution in [3.63, 3.8) is 0 Å². The number of nitrogens with zero attached hydrogens (tertiary/aromatic N) is 2. The van der Waals surface area contributed by atoms with Gasteiger partial charge in [-0.1, -0.05) is 0 Å². The smallest absolute Gasteiger partial charge is 0.331 e. The highest BCUT2D eigenvalue weighted by Gasteiger charge is 2.14. The molecular weight excluding hydrogens is 392 g/mol. The maximum absolute atomic E-state index is 11.9. The highest BCUT2D eigenvalue weighted by atomic mass is 16.5. The van der Waals surface area contributed by atoms with Crippen molar-refractivity contribution in [1.82, 2.24) is 10.9 Å². The first-order chi connectivity index (χ1) is 14.3. The Morgan fingerprint density at radius 2 is 1.13 bits per heavy atom. The third-order valence-electron chi connectivity index (χ3n) is 4.05. The summed E-state index contributed by atoms with van der Waals surface area (Å²) in [5.41, 5.74) is 5.45. The van der Waals surface area contributed by atoms with Crippen molar-refractivity contribution in [3.05, 3.63) is 47.5 Å². The molecule has 0 saturated carbocycles. The third-order valence-corrected chi connectivity index (χ3v) is 4.05. The Kier molecular flexibility index (Phi) is 7.34. The summed E-state index contributed by atoms with van der Waals surface area (Å²) >= 11 is 0. The van der Waals surface area contributed by atoms with Crippen molar-refractivity contribution in [2.24, 2.45) is 10.2 Å². The van der Waals surface area contributed by atoms with E-state index in [0.717, 1.165) is 0 Å². The number of benzene rings is 2. The topological polar surface area (TPSA) is 142 Å². The Bertz CT molecular complexity index is 935. The molecule has 2 aromatic rings. The molecule has 0 aromatic heterocycles. The van der Waals surface area contributed by atoms with Gasteiger partial charge < -0.3 is 19.7 Å². The molecule has 10 nitrogen and oxygen atoms in total. The summed E-state index contributed by atoms with van der Waals surface area (Å²) in [6, 6.07) is 9.16. The number of hydrogen-bond donors (Lipinski definition) is 4. The number of phenolic OH excluding ortho intramolecular Hbond substituents is 2. The molecule has 2 rings (SSSR count). The van der Waals surface area contributed by atoms with Crippen molar-refractivity contribution >= 4 is 23.2 Å². The molecular formula is C20H22N4O6. The summed E-state index contributed by atoms with van der Waals surface area (Å²) < 4.78 is 10.00. The zero-order valence-electron chi connectivity index (χ0n) is 16.9. The van der Waals surface area contributed by atoms with Crippen LogP contribution >= 0.6 is 0 Å². The highest BCUT2D eigenvalue weighted by Crippen LogP contribution is 2.24. The molecule has 10 heteroatoms. The van der Waals surface area contributed by atoms with E-state index in [2.05, 4.69) is 21.1 Å². The summed E-state index contributed by atoms with van der Waals surface area (Å²) in [7, 11) is 2.93. The van der Waals surface area contributed by atoms with Crippen LogP contribution in [-0.4, -0.2) is 47.7 Å². The predicted octanol–water partition coefficient (Wildman–Crippen LogP) is 1.50. The van der Waals surface area contributed by atoms with Crippen LogP contribution in [0.1, 0.15) is 25.0 Å². The monoisotopic (exact) mass is 414 g/mol. The van der Waals surface area contributed by atoms with Crippen molar-refractivity contribution in [1.29, 1.82) is 0 Å². The maximum Gasteiger partial charge on any atom is 0.331 e. The van der Waals surface area contributed by atoms with E-state index in [-0.39, 0.29) is 22.9 Å². The quantitative estimate of drug-likeness (QED) is 0.321. The number of methoxy groups -OCH3 is 2. The molecule has 0 unspecified atom stereocenters. The summed E-state index contributed by atoms with van der Waals surface area (Å²) in [4.78, 5) is 23.8. The lowest BCUT2D eigenvalue weighted by molar-refractivity contribution is -0.139. The summed E-state index contributed by atoms with van der Waals surface area (Å²) in [6.07, 6.45) is 0. The lowest BCUT2D eigenvalue weighted by atomic mass is 10.1. The van der Waals surface area contributed by atoms with E-state index in [1.54, 1.807) is 38.1 Å². The number of hydrazone groups is 2. The average molecular weight is 414 g/mol. The SMILES string of the molecule is COc1ccc(/C(C)=N/NC(=O)C(=O)N/N=C(\C)c2ccc(OC)cc2O)c(O)c1. The Hall–Kier alpha value is -4.08. The number of amides is 2. The molecule has 0 saturated heterocycles. The van der Waals surface area contributed by atoms with E-state index in [4.69, 9.17) is 9.47 Å². The second-order valence-electron chi connectivity index (χ2n) is 6.04. The van der Waals surface area contributed by atoms with E-state index < -0.39 is 11.8 Å². The molecule has 0 radical (unpaired) electrons. The van der Waals surface area contributed by atoms with Crippen LogP contribution in [0.15, 0.2) is 46.6 Å². The van der Waals surface area contributed by atoms with Crippen LogP contribution < -0.4 is 20.3 Å². The van der Waals surface area contributed by atoms with Gasteiger partial charge in [0.15, 0.2) is 0 Å². The lowest BCUT2D eigenvalue weighted by Gasteiger charge is -2.07. The van der Waals surface area contributed by atoms with Gasteiger partial charge in [-0.3, -0.25) is 9.59 Å². The zero-order chi connectivity index (χ0) is 22.3. The number of carbonyl (C=O) groups excluding carboxylic acids is 2. The van der Waals surface area contributed by atoms with Gasteiger partial charge in [0.2, 0.25) is 0 Å². The summed E-state index contributed by atoms with van der Waals surface area (Å²) in [5.74, 6) is -1.37. The molecule has 0 fully saturated rings. The van der Waals surface area contributed by atoms with Gasteiger partial charge in [0.1, 0.15) is 23.0 Å². The van der Waals surface area contributed by atoms with Gasteiger partial charge in [0.25, 0.3) is 0 Å². The van der Waals surface area contributed by atoms with Crippen molar-refractivity contribution in [2.75, 3.05) is 14.2 Å². The van der Waals surface area contributed by atoms with Gasteiger partial charge >= 0.3 is 11.8 Å². The standard InChI is InChI=1S/C20H22N4O6/c1-11(15-7-5-13(29-3)9-17(15)25)21-23-19(27)20(28)24-22-12(2)16-8-6-14(30-4)10-18(16)26/h5-10,25-26H,1-4H3,(H,23,27)(H,24,28)/b21-11+,22-12+. The molecule has 0 aliphatic heterocycles. The van der Waals surface area contributed by atoms with E-state index in [1.807, 2.05) is 0 Å². The number of nitrogens with one attached hydrogen (secondary N) is 2. The largest absolute Gasteiger partial charge is 0.507 e. The molecule has 30 heavy (non-hydrogen) atoms. The number of hydrogen-bond acceptors (Lipinski definition) is 8. The normalized spacial score (nSPS) is 11.6. The van der Waals surface area contributed by atoms with Gasteiger partial charge in [-0.05, 0) is 38.1 Å². The van der Waals surface area contributed by atoms with Gasteiger partial charge in [-0.2, -0.15) is 10.2 Å². The van der Waals surface area contributed by atoms with Crippen molar-refractivity contribution < 1.29 is 29.3 Å². The number of rotatable bonds is 6. The zero-order valence-corrected chi connectivity index (χ0v) is 16.9. The minimum absolute atomic E-state index is 0.0891. The fraction of sp³-hybridized carbons (Fsp3) is 0.200. The molecule has 0 bridgehead atoms. The van der Waals surface area contributed by atoms with E-state index in [1.165, 1.54) is 26.4 Å². The number of ether oxygens (including phenoxy) is 2. The highest BCUT2D eigenvalue weighted by molar-refractivity contribution is 6.35. The molecule has 0 atom stereocenters.